The molecule has 0 atom stereocenters. The zero-order valence-electron chi connectivity index (χ0n) is 17.6. The predicted molar refractivity (Wildman–Crippen MR) is 125 cm³/mol. The highest BCUT2D eigenvalue weighted by atomic mass is 14.9. The van der Waals surface area contributed by atoms with Crippen molar-refractivity contribution in [2.45, 2.75) is 38.5 Å². The van der Waals surface area contributed by atoms with Crippen LogP contribution in [0.25, 0.3) is 0 Å². The Hall–Kier alpha value is -3.13. The van der Waals surface area contributed by atoms with Gasteiger partial charge in [-0.25, -0.2) is 0 Å². The Morgan fingerprint density at radius 2 is 1.38 bits per heavy atom. The maximum absolute atomic E-state index is 4.79. The van der Waals surface area contributed by atoms with E-state index in [1.807, 2.05) is 6.07 Å². The molecule has 0 radical (unpaired) electrons. The average molecular weight is 381 g/mol. The molecule has 4 rings (SSSR count). The highest BCUT2D eigenvalue weighted by molar-refractivity contribution is 6.08. The van der Waals surface area contributed by atoms with Crippen molar-refractivity contribution in [1.29, 1.82) is 0 Å². The zero-order chi connectivity index (χ0) is 20.5. The normalized spacial score (nSPS) is 20.4. The predicted octanol–water partition coefficient (Wildman–Crippen LogP) is 7.01. The summed E-state index contributed by atoms with van der Waals surface area (Å²) in [4.78, 5) is 4.79. The third kappa shape index (κ3) is 3.51. The Bertz CT molecular complexity index is 1080. The minimum Gasteiger partial charge on any atom is -0.358 e. The maximum Gasteiger partial charge on any atom is 0.0674 e. The van der Waals surface area contributed by atoms with Crippen molar-refractivity contribution in [2.24, 2.45) is 4.99 Å². The van der Waals surface area contributed by atoms with Crippen molar-refractivity contribution in [2.75, 3.05) is 5.32 Å². The molecule has 2 aliphatic heterocycles. The quantitative estimate of drug-likeness (QED) is 0.567. The number of benzene rings is 2. The first-order valence-electron chi connectivity index (χ1n) is 10.2. The van der Waals surface area contributed by atoms with Crippen molar-refractivity contribution in [1.82, 2.24) is 0 Å². The fourth-order valence-electron chi connectivity index (χ4n) is 4.08. The largest absolute Gasteiger partial charge is 0.358 e. The number of anilines is 1. The van der Waals surface area contributed by atoms with Gasteiger partial charge in [0, 0.05) is 22.2 Å². The Balaban J connectivity index is 1.40. The van der Waals surface area contributed by atoms with E-state index in [1.165, 1.54) is 22.5 Å². The summed E-state index contributed by atoms with van der Waals surface area (Å²) in [7, 11) is 0. The Kier molecular flexibility index (Phi) is 4.87. The molecular formula is C27H28N2. The van der Waals surface area contributed by atoms with Gasteiger partial charge in [-0.15, -0.1) is 0 Å². The van der Waals surface area contributed by atoms with Gasteiger partial charge in [-0.05, 0) is 35.4 Å². The van der Waals surface area contributed by atoms with Gasteiger partial charge in [0.2, 0.25) is 0 Å². The number of nitrogens with one attached hydrogen (secondary N) is 1. The molecule has 2 aliphatic rings. The molecule has 0 spiro atoms. The smallest absolute Gasteiger partial charge is 0.0674 e. The summed E-state index contributed by atoms with van der Waals surface area (Å²) in [5.41, 5.74) is 7.21. The van der Waals surface area contributed by atoms with Crippen LogP contribution in [0, 0.1) is 0 Å². The lowest BCUT2D eigenvalue weighted by molar-refractivity contribution is 0.654. The summed E-state index contributed by atoms with van der Waals surface area (Å²) in [6, 6.07) is 16.9. The van der Waals surface area contributed by atoms with Crippen LogP contribution in [0.3, 0.4) is 0 Å². The van der Waals surface area contributed by atoms with Crippen LogP contribution in [0.5, 0.6) is 0 Å². The Morgan fingerprint density at radius 1 is 0.724 bits per heavy atom. The minimum atomic E-state index is -0.0457. The van der Waals surface area contributed by atoms with Crippen molar-refractivity contribution in [3.8, 4) is 0 Å². The Morgan fingerprint density at radius 3 is 2.14 bits per heavy atom. The van der Waals surface area contributed by atoms with Crippen LogP contribution >= 0.6 is 0 Å². The molecule has 0 amide bonds. The van der Waals surface area contributed by atoms with Crippen LogP contribution < -0.4 is 5.32 Å². The van der Waals surface area contributed by atoms with Crippen LogP contribution in [-0.2, 0) is 10.8 Å². The van der Waals surface area contributed by atoms with E-state index in [0.717, 1.165) is 11.4 Å². The van der Waals surface area contributed by atoms with Crippen LogP contribution in [0.15, 0.2) is 102 Å². The molecule has 2 aromatic rings. The number of para-hydroxylation sites is 2. The van der Waals surface area contributed by atoms with Crippen LogP contribution in [0.2, 0.25) is 0 Å². The number of hydrogen-bond acceptors (Lipinski definition) is 2. The topological polar surface area (TPSA) is 24.4 Å². The lowest BCUT2D eigenvalue weighted by Gasteiger charge is -2.19. The second kappa shape index (κ2) is 7.36. The van der Waals surface area contributed by atoms with E-state index >= 15 is 0 Å². The van der Waals surface area contributed by atoms with Crippen molar-refractivity contribution < 1.29 is 0 Å². The van der Waals surface area contributed by atoms with Gasteiger partial charge in [-0.2, -0.15) is 0 Å². The second-order valence-corrected chi connectivity index (χ2v) is 8.64. The van der Waals surface area contributed by atoms with E-state index in [1.54, 1.807) is 0 Å². The molecule has 0 unspecified atom stereocenters. The van der Waals surface area contributed by atoms with Gasteiger partial charge in [0.05, 0.1) is 11.4 Å². The molecule has 0 saturated heterocycles. The molecule has 146 valence electrons. The summed E-state index contributed by atoms with van der Waals surface area (Å²) in [5, 5.41) is 3.54. The van der Waals surface area contributed by atoms with E-state index in [2.05, 4.69) is 118 Å². The molecule has 0 bridgehead atoms. The fourth-order valence-corrected chi connectivity index (χ4v) is 4.08. The van der Waals surface area contributed by atoms with Gasteiger partial charge in [0.25, 0.3) is 0 Å². The molecule has 0 saturated carbocycles. The lowest BCUT2D eigenvalue weighted by Crippen LogP contribution is -2.23. The number of nitrogens with zero attached hydrogens (tertiary/aromatic N) is 1. The highest BCUT2D eigenvalue weighted by Gasteiger charge is 2.34. The first-order valence-corrected chi connectivity index (χ1v) is 10.2. The van der Waals surface area contributed by atoms with Gasteiger partial charge in [-0.3, -0.25) is 4.99 Å². The van der Waals surface area contributed by atoms with Crippen LogP contribution in [-0.4, -0.2) is 5.71 Å². The molecular weight excluding hydrogens is 352 g/mol. The van der Waals surface area contributed by atoms with E-state index in [4.69, 9.17) is 4.99 Å². The fraction of sp³-hybridized carbons (Fsp3) is 0.222. The summed E-state index contributed by atoms with van der Waals surface area (Å²) < 4.78 is 0. The van der Waals surface area contributed by atoms with Crippen molar-refractivity contribution in [3.05, 3.63) is 108 Å². The molecule has 1 N–H and O–H groups in total. The molecule has 2 heterocycles. The number of fused-ring (bicyclic) bond motifs is 2. The van der Waals surface area contributed by atoms with Crippen LogP contribution in [0.4, 0.5) is 11.4 Å². The van der Waals surface area contributed by atoms with Gasteiger partial charge in [0.1, 0.15) is 0 Å². The summed E-state index contributed by atoms with van der Waals surface area (Å²) >= 11 is 0. The standard InChI is InChI=1S/C27H28N2/c1-26(2)20-14-10-12-16-22(20)28-24(26)18-8-6-5-7-9-19-25-27(3,4)21-15-11-13-17-23(21)29-25/h5-19,28H,1-4H3/b7-5+,8-6+,19-9+,24-18+. The Labute approximate surface area is 174 Å². The van der Waals surface area contributed by atoms with Gasteiger partial charge < -0.3 is 5.32 Å². The molecule has 0 aliphatic carbocycles. The second-order valence-electron chi connectivity index (χ2n) is 8.64. The molecule has 2 aromatic carbocycles. The molecule has 0 fully saturated rings. The molecule has 29 heavy (non-hydrogen) atoms. The molecule has 2 nitrogen and oxygen atoms in total. The number of rotatable bonds is 4. The monoisotopic (exact) mass is 380 g/mol. The third-order valence-corrected chi connectivity index (χ3v) is 5.96. The van der Waals surface area contributed by atoms with E-state index < -0.39 is 0 Å². The first-order chi connectivity index (χ1) is 13.9. The summed E-state index contributed by atoms with van der Waals surface area (Å²) in [6.07, 6.45) is 14.6. The number of aliphatic imine (C=N–C) groups is 1. The number of hydrogen-bond donors (Lipinski definition) is 1. The van der Waals surface area contributed by atoms with E-state index in [0.29, 0.717) is 0 Å². The molecule has 0 aromatic heterocycles. The highest BCUT2D eigenvalue weighted by Crippen LogP contribution is 2.43. The number of allylic oxidation sites excluding steroid dienone is 8. The van der Waals surface area contributed by atoms with Crippen molar-refractivity contribution >= 4 is 17.1 Å². The minimum absolute atomic E-state index is 0.00571. The van der Waals surface area contributed by atoms with Crippen molar-refractivity contribution in [3.63, 3.8) is 0 Å². The maximum atomic E-state index is 4.79. The summed E-state index contributed by atoms with van der Waals surface area (Å²) in [6.45, 7) is 8.97. The average Bonchev–Trinajstić information content (AvgIpc) is 3.11. The zero-order valence-corrected chi connectivity index (χ0v) is 17.6. The molecule has 2 heteroatoms. The SMILES string of the molecule is CC1(C)C(/C=C/C=C/C=C/C=C2/Nc3ccccc3C2(C)C)=Nc2ccccc21. The van der Waals surface area contributed by atoms with E-state index in [9.17, 15) is 0 Å². The van der Waals surface area contributed by atoms with E-state index in [-0.39, 0.29) is 10.8 Å². The van der Waals surface area contributed by atoms with Gasteiger partial charge in [-0.1, -0.05) is 94.5 Å². The lowest BCUT2D eigenvalue weighted by atomic mass is 9.81. The van der Waals surface area contributed by atoms with Crippen LogP contribution in [0.1, 0.15) is 38.8 Å². The summed E-state index contributed by atoms with van der Waals surface area (Å²) in [5.74, 6) is 0. The van der Waals surface area contributed by atoms with Gasteiger partial charge in [0.15, 0.2) is 0 Å². The third-order valence-electron chi connectivity index (χ3n) is 5.96. The van der Waals surface area contributed by atoms with Gasteiger partial charge >= 0.3 is 0 Å². The first kappa shape index (κ1) is 19.2.